The maximum Gasteiger partial charge on any atom is 0.416 e. The number of rotatable bonds is 18. The van der Waals surface area contributed by atoms with Gasteiger partial charge in [0.2, 0.25) is 5.91 Å². The van der Waals surface area contributed by atoms with Gasteiger partial charge in [-0.25, -0.2) is 14.0 Å². The molecule has 1 amide bonds. The third-order valence-electron chi connectivity index (χ3n) is 9.21. The summed E-state index contributed by atoms with van der Waals surface area (Å²) < 4.78 is 56.0. The zero-order chi connectivity index (χ0) is 44.9. The second kappa shape index (κ2) is 22.0. The first-order valence-corrected chi connectivity index (χ1v) is 19.8. The average Bonchev–Trinajstić information content (AvgIpc) is 3.65. The number of carbonyl (C=O) groups excluding carboxylic acids is 1. The number of aromatic nitrogens is 5. The van der Waals surface area contributed by atoms with Crippen LogP contribution in [-0.4, -0.2) is 111 Å². The van der Waals surface area contributed by atoms with E-state index < -0.39 is 41.4 Å². The van der Waals surface area contributed by atoms with Crippen molar-refractivity contribution >= 4 is 29.6 Å². The number of nitrogens with zero attached hydrogens (tertiary/aromatic N) is 7. The Hall–Kier alpha value is -5.96. The SMILES string of the molecule is CCN(CC)CCN(Cc1ccc(-c2ccc(C(F)(F)F)cc2)nc1)C(=O)Cn1cc(Cc2cnn(C)c2)c(=O)nc1SCc1ccc(F)cc1.O=C(O)C(O)C(O)C(=O)O. The van der Waals surface area contributed by atoms with E-state index in [-0.39, 0.29) is 24.8 Å². The summed E-state index contributed by atoms with van der Waals surface area (Å²) >= 11 is 1.29. The summed E-state index contributed by atoms with van der Waals surface area (Å²) in [5, 5.41) is 37.1. The third kappa shape index (κ3) is 14.3. The number of carbonyl (C=O) groups is 3. The number of likely N-dealkylation sites (N-methyl/N-ethyl adjacent to an activating group) is 1. The molecule has 2 atom stereocenters. The molecule has 0 spiro atoms. The Bertz CT molecular complexity index is 2270. The Kier molecular flexibility index (Phi) is 17.2. The molecule has 0 bridgehead atoms. The van der Waals surface area contributed by atoms with Crippen LogP contribution in [0.3, 0.4) is 0 Å². The van der Waals surface area contributed by atoms with Crippen LogP contribution in [0.2, 0.25) is 0 Å². The van der Waals surface area contributed by atoms with Gasteiger partial charge in [-0.1, -0.05) is 55.9 Å². The van der Waals surface area contributed by atoms with Crippen LogP contribution in [0.1, 0.15) is 41.7 Å². The fourth-order valence-electron chi connectivity index (χ4n) is 5.73. The van der Waals surface area contributed by atoms with Crippen molar-refractivity contribution in [2.24, 2.45) is 7.05 Å². The molecule has 2 aromatic carbocycles. The topological polar surface area (TPSA) is 204 Å². The second-order valence-corrected chi connectivity index (χ2v) is 14.6. The van der Waals surface area contributed by atoms with Gasteiger partial charge in [0.05, 0.1) is 17.5 Å². The van der Waals surface area contributed by atoms with Crippen LogP contribution >= 0.6 is 11.8 Å². The zero-order valence-electron chi connectivity index (χ0n) is 33.4. The zero-order valence-corrected chi connectivity index (χ0v) is 34.2. The number of amides is 1. The van der Waals surface area contributed by atoms with Crippen molar-refractivity contribution < 1.29 is 52.4 Å². The molecule has 0 saturated heterocycles. The Morgan fingerprint density at radius 1 is 0.836 bits per heavy atom. The van der Waals surface area contributed by atoms with E-state index in [1.54, 1.807) is 58.0 Å². The normalized spacial score (nSPS) is 12.4. The van der Waals surface area contributed by atoms with Crippen molar-refractivity contribution in [2.75, 3.05) is 26.2 Å². The number of aryl methyl sites for hydroxylation is 1. The summed E-state index contributed by atoms with van der Waals surface area (Å²) in [4.78, 5) is 59.7. The highest BCUT2D eigenvalue weighted by Crippen LogP contribution is 2.31. The predicted molar refractivity (Wildman–Crippen MR) is 216 cm³/mol. The monoisotopic (exact) mass is 871 g/mol. The van der Waals surface area contributed by atoms with Gasteiger partial charge in [-0.2, -0.15) is 23.3 Å². The summed E-state index contributed by atoms with van der Waals surface area (Å²) in [5.41, 5.74) is 2.75. The molecule has 5 rings (SSSR count). The van der Waals surface area contributed by atoms with Crippen molar-refractivity contribution in [2.45, 2.75) is 62.7 Å². The number of carboxylic acids is 2. The number of aliphatic hydroxyl groups excluding tert-OH is 2. The number of aliphatic hydroxyl groups is 2. The molecule has 0 aliphatic carbocycles. The van der Waals surface area contributed by atoms with Gasteiger partial charge in [-0.15, -0.1) is 0 Å². The van der Waals surface area contributed by atoms with Gasteiger partial charge in [0, 0.05) is 68.6 Å². The predicted octanol–water partition coefficient (Wildman–Crippen LogP) is 4.33. The number of hydrogen-bond acceptors (Lipinski definition) is 11. The van der Waals surface area contributed by atoms with Crippen LogP contribution in [0, 0.1) is 5.82 Å². The quantitative estimate of drug-likeness (QED) is 0.0551. The lowest BCUT2D eigenvalue weighted by Crippen LogP contribution is -2.40. The van der Waals surface area contributed by atoms with Crippen LogP contribution in [-0.2, 0) is 52.9 Å². The van der Waals surface area contributed by atoms with Gasteiger partial charge in [0.1, 0.15) is 12.4 Å². The smallest absolute Gasteiger partial charge is 0.416 e. The van der Waals surface area contributed by atoms with E-state index in [4.69, 9.17) is 20.4 Å². The molecule has 326 valence electrons. The van der Waals surface area contributed by atoms with Gasteiger partial charge in [-0.05, 0) is 60.1 Å². The second-order valence-electron chi connectivity index (χ2n) is 13.6. The number of aliphatic carboxylic acids is 2. The number of benzene rings is 2. The Morgan fingerprint density at radius 3 is 1.98 bits per heavy atom. The molecule has 0 aliphatic heterocycles. The van der Waals surface area contributed by atoms with E-state index in [9.17, 15) is 36.7 Å². The van der Waals surface area contributed by atoms with Crippen LogP contribution in [0.5, 0.6) is 0 Å². The number of hydrogen-bond donors (Lipinski definition) is 4. The fraction of sp³-hybridized carbons (Fsp3) is 0.341. The minimum absolute atomic E-state index is 0.0889. The largest absolute Gasteiger partial charge is 0.479 e. The van der Waals surface area contributed by atoms with Gasteiger partial charge in [0.25, 0.3) is 5.56 Å². The Balaban J connectivity index is 0.000000727. The van der Waals surface area contributed by atoms with Gasteiger partial charge < -0.3 is 34.8 Å². The van der Waals surface area contributed by atoms with Gasteiger partial charge in [-0.3, -0.25) is 19.3 Å². The van der Waals surface area contributed by atoms with Crippen LogP contribution in [0.25, 0.3) is 11.3 Å². The van der Waals surface area contributed by atoms with Crippen molar-refractivity contribution in [1.82, 2.24) is 34.1 Å². The first-order chi connectivity index (χ1) is 28.9. The van der Waals surface area contributed by atoms with E-state index in [1.165, 1.54) is 36.0 Å². The van der Waals surface area contributed by atoms with Gasteiger partial charge >= 0.3 is 18.1 Å². The number of carboxylic acid groups (broad SMARTS) is 2. The first kappa shape index (κ1) is 47.7. The lowest BCUT2D eigenvalue weighted by molar-refractivity contribution is -0.165. The summed E-state index contributed by atoms with van der Waals surface area (Å²) in [6.45, 7) is 6.95. The summed E-state index contributed by atoms with van der Waals surface area (Å²) in [5.74, 6) is -3.68. The Labute approximate surface area is 351 Å². The number of halogens is 4. The van der Waals surface area contributed by atoms with Crippen LogP contribution in [0.4, 0.5) is 17.6 Å². The molecular weight excluding hydrogens is 827 g/mol. The molecule has 61 heavy (non-hydrogen) atoms. The molecule has 0 radical (unpaired) electrons. The van der Waals surface area contributed by atoms with E-state index >= 15 is 0 Å². The summed E-state index contributed by atoms with van der Waals surface area (Å²) in [6, 6.07) is 14.4. The van der Waals surface area contributed by atoms with Crippen molar-refractivity contribution in [3.63, 3.8) is 0 Å². The highest BCUT2D eigenvalue weighted by Gasteiger charge is 2.30. The highest BCUT2D eigenvalue weighted by molar-refractivity contribution is 7.98. The van der Waals surface area contributed by atoms with E-state index in [0.29, 0.717) is 47.2 Å². The molecule has 2 unspecified atom stereocenters. The standard InChI is InChI=1S/C37H39F4N7O2S.C4H6O6/c1-4-46(5-2)16-17-47(22-27-8-15-33(42-19-27)29-9-11-31(12-10-29)37(39,40)41)34(49)24-48-23-30(18-28-20-43-45(3)21-28)35(50)44-36(48)51-25-26-6-13-32(38)14-7-26;5-1(3(7)8)2(6)4(9)10/h6-15,19-21,23H,4-5,16-18,22,24-25H2,1-3H3;1-2,5-6H,(H,7,8)(H,9,10). The third-order valence-corrected chi connectivity index (χ3v) is 10.3. The molecule has 3 heterocycles. The van der Waals surface area contributed by atoms with Crippen LogP contribution < -0.4 is 5.56 Å². The first-order valence-electron chi connectivity index (χ1n) is 18.8. The lowest BCUT2D eigenvalue weighted by Gasteiger charge is -2.27. The molecule has 20 heteroatoms. The molecule has 0 fully saturated rings. The molecule has 0 aliphatic rings. The fourth-order valence-corrected chi connectivity index (χ4v) is 6.65. The minimum atomic E-state index is -4.43. The van der Waals surface area contributed by atoms with E-state index in [1.807, 2.05) is 12.3 Å². The molecule has 3 aromatic heterocycles. The van der Waals surface area contributed by atoms with Crippen molar-refractivity contribution in [3.05, 3.63) is 129 Å². The molecule has 15 nitrogen and oxygen atoms in total. The maximum absolute atomic E-state index is 14.1. The van der Waals surface area contributed by atoms with Crippen LogP contribution in [0.15, 0.2) is 95.4 Å². The minimum Gasteiger partial charge on any atom is -0.479 e. The van der Waals surface area contributed by atoms with E-state index in [2.05, 4.69) is 33.8 Å². The summed E-state index contributed by atoms with van der Waals surface area (Å²) in [6.07, 6.45) is -1.87. The molecule has 5 aromatic rings. The maximum atomic E-state index is 14.1. The van der Waals surface area contributed by atoms with Gasteiger partial charge in [0.15, 0.2) is 17.4 Å². The molecular formula is C41H45F4N7O8S. The number of alkyl halides is 3. The van der Waals surface area contributed by atoms with E-state index in [0.717, 1.165) is 41.9 Å². The van der Waals surface area contributed by atoms with Crippen molar-refractivity contribution in [1.29, 1.82) is 0 Å². The molecule has 4 N–H and O–H groups in total. The number of thioether (sulfide) groups is 1. The highest BCUT2D eigenvalue weighted by atomic mass is 32.2. The molecule has 0 saturated carbocycles. The lowest BCUT2D eigenvalue weighted by atomic mass is 10.1. The summed E-state index contributed by atoms with van der Waals surface area (Å²) in [7, 11) is 1.79. The Morgan fingerprint density at radius 2 is 1.46 bits per heavy atom. The average molecular weight is 872 g/mol. The van der Waals surface area contributed by atoms with Crippen molar-refractivity contribution in [3.8, 4) is 11.3 Å². The number of pyridine rings is 1.